The SMILES string of the molecule is COC1CCCCC1N[C@@H](CO)c1ccccc1. The van der Waals surface area contributed by atoms with Crippen molar-refractivity contribution < 1.29 is 9.84 Å². The molecule has 2 rings (SSSR count). The summed E-state index contributed by atoms with van der Waals surface area (Å²) in [4.78, 5) is 0. The molecule has 100 valence electrons. The van der Waals surface area contributed by atoms with Crippen LogP contribution in [0.4, 0.5) is 0 Å². The van der Waals surface area contributed by atoms with Gasteiger partial charge >= 0.3 is 0 Å². The minimum absolute atomic E-state index is 0.00644. The third-order valence-corrected chi connectivity index (χ3v) is 3.81. The zero-order valence-electron chi connectivity index (χ0n) is 11.0. The van der Waals surface area contributed by atoms with E-state index in [1.165, 1.54) is 12.8 Å². The fourth-order valence-electron chi connectivity index (χ4n) is 2.77. The molecule has 3 heteroatoms. The highest BCUT2D eigenvalue weighted by atomic mass is 16.5. The largest absolute Gasteiger partial charge is 0.394 e. The molecule has 1 aliphatic carbocycles. The topological polar surface area (TPSA) is 41.5 Å². The Labute approximate surface area is 109 Å². The van der Waals surface area contributed by atoms with E-state index >= 15 is 0 Å². The molecule has 18 heavy (non-hydrogen) atoms. The first-order chi connectivity index (χ1) is 8.85. The maximum absolute atomic E-state index is 9.57. The van der Waals surface area contributed by atoms with Crippen molar-refractivity contribution >= 4 is 0 Å². The molecule has 0 bridgehead atoms. The summed E-state index contributed by atoms with van der Waals surface area (Å²) in [5, 5.41) is 13.1. The van der Waals surface area contributed by atoms with Crippen molar-refractivity contribution in [3.63, 3.8) is 0 Å². The van der Waals surface area contributed by atoms with E-state index < -0.39 is 0 Å². The number of methoxy groups -OCH3 is 1. The molecule has 0 spiro atoms. The molecular weight excluding hydrogens is 226 g/mol. The van der Waals surface area contributed by atoms with Crippen molar-refractivity contribution in [3.05, 3.63) is 35.9 Å². The van der Waals surface area contributed by atoms with Crippen molar-refractivity contribution in [3.8, 4) is 0 Å². The second-order valence-corrected chi connectivity index (χ2v) is 4.98. The van der Waals surface area contributed by atoms with Crippen LogP contribution >= 0.6 is 0 Å². The Morgan fingerprint density at radius 1 is 1.28 bits per heavy atom. The third-order valence-electron chi connectivity index (χ3n) is 3.81. The van der Waals surface area contributed by atoms with E-state index in [0.717, 1.165) is 18.4 Å². The van der Waals surface area contributed by atoms with Crippen LogP contribution in [0.25, 0.3) is 0 Å². The van der Waals surface area contributed by atoms with Crippen LogP contribution in [0.5, 0.6) is 0 Å². The predicted molar refractivity (Wildman–Crippen MR) is 72.5 cm³/mol. The van der Waals surface area contributed by atoms with Gasteiger partial charge in [-0.3, -0.25) is 0 Å². The average Bonchev–Trinajstić information content (AvgIpc) is 2.46. The molecule has 1 saturated carbocycles. The first-order valence-corrected chi connectivity index (χ1v) is 6.79. The maximum Gasteiger partial charge on any atom is 0.0724 e. The number of aliphatic hydroxyl groups excluding tert-OH is 1. The highest BCUT2D eigenvalue weighted by molar-refractivity contribution is 5.19. The minimum Gasteiger partial charge on any atom is -0.394 e. The van der Waals surface area contributed by atoms with Crippen LogP contribution in [-0.2, 0) is 4.74 Å². The zero-order chi connectivity index (χ0) is 12.8. The molecule has 1 fully saturated rings. The summed E-state index contributed by atoms with van der Waals surface area (Å²) >= 11 is 0. The Balaban J connectivity index is 2.01. The Kier molecular flexibility index (Phi) is 5.17. The van der Waals surface area contributed by atoms with E-state index in [0.29, 0.717) is 6.04 Å². The molecule has 0 saturated heterocycles. The van der Waals surface area contributed by atoms with Crippen molar-refractivity contribution in [1.82, 2.24) is 5.32 Å². The first kappa shape index (κ1) is 13.5. The van der Waals surface area contributed by atoms with Crippen molar-refractivity contribution in [2.24, 2.45) is 0 Å². The van der Waals surface area contributed by atoms with Gasteiger partial charge in [0.1, 0.15) is 0 Å². The second-order valence-electron chi connectivity index (χ2n) is 4.98. The maximum atomic E-state index is 9.57. The Hall–Kier alpha value is -0.900. The van der Waals surface area contributed by atoms with Gasteiger partial charge in [-0.05, 0) is 18.4 Å². The van der Waals surface area contributed by atoms with E-state index in [9.17, 15) is 5.11 Å². The summed E-state index contributed by atoms with van der Waals surface area (Å²) in [7, 11) is 1.78. The number of hydrogen-bond acceptors (Lipinski definition) is 3. The van der Waals surface area contributed by atoms with E-state index in [1.807, 2.05) is 18.2 Å². The van der Waals surface area contributed by atoms with Crippen LogP contribution in [-0.4, -0.2) is 31.0 Å². The molecule has 0 aliphatic heterocycles. The molecule has 1 aromatic carbocycles. The highest BCUT2D eigenvalue weighted by Gasteiger charge is 2.27. The van der Waals surface area contributed by atoms with Crippen LogP contribution < -0.4 is 5.32 Å². The van der Waals surface area contributed by atoms with Crippen molar-refractivity contribution in [2.75, 3.05) is 13.7 Å². The van der Waals surface area contributed by atoms with Gasteiger partial charge < -0.3 is 15.2 Å². The molecule has 3 atom stereocenters. The van der Waals surface area contributed by atoms with Crippen LogP contribution in [0.15, 0.2) is 30.3 Å². The van der Waals surface area contributed by atoms with Crippen molar-refractivity contribution in [2.45, 2.75) is 43.9 Å². The molecule has 0 amide bonds. The Morgan fingerprint density at radius 2 is 2.00 bits per heavy atom. The summed E-state index contributed by atoms with van der Waals surface area (Å²) in [5.74, 6) is 0. The standard InChI is InChI=1S/C15H23NO2/c1-18-15-10-6-5-9-13(15)16-14(11-17)12-7-3-2-4-8-12/h2-4,7-8,13-17H,5-6,9-11H2,1H3/t13?,14-,15?/m0/s1. The lowest BCUT2D eigenvalue weighted by Crippen LogP contribution is -2.45. The van der Waals surface area contributed by atoms with Crippen LogP contribution in [0.2, 0.25) is 0 Å². The summed E-state index contributed by atoms with van der Waals surface area (Å²) in [6.07, 6.45) is 5.00. The van der Waals surface area contributed by atoms with Crippen LogP contribution in [0, 0.1) is 0 Å². The van der Waals surface area contributed by atoms with Gasteiger partial charge in [0.25, 0.3) is 0 Å². The van der Waals surface area contributed by atoms with Crippen LogP contribution in [0.3, 0.4) is 0 Å². The highest BCUT2D eigenvalue weighted by Crippen LogP contribution is 2.23. The monoisotopic (exact) mass is 249 g/mol. The third kappa shape index (κ3) is 3.31. The van der Waals surface area contributed by atoms with Gasteiger partial charge in [-0.2, -0.15) is 0 Å². The van der Waals surface area contributed by atoms with Gasteiger partial charge in [-0.15, -0.1) is 0 Å². The van der Waals surface area contributed by atoms with Crippen molar-refractivity contribution in [1.29, 1.82) is 0 Å². The second kappa shape index (κ2) is 6.88. The molecule has 0 aromatic heterocycles. The molecule has 1 aliphatic rings. The number of ether oxygens (including phenoxy) is 1. The fourth-order valence-corrected chi connectivity index (χ4v) is 2.77. The van der Waals surface area contributed by atoms with Gasteiger partial charge in [0.05, 0.1) is 18.8 Å². The molecule has 3 nitrogen and oxygen atoms in total. The van der Waals surface area contributed by atoms with E-state index in [4.69, 9.17) is 4.74 Å². The minimum atomic E-state index is 0.00644. The lowest BCUT2D eigenvalue weighted by molar-refractivity contribution is 0.0342. The van der Waals surface area contributed by atoms with Gasteiger partial charge in [-0.1, -0.05) is 43.2 Å². The average molecular weight is 249 g/mol. The normalized spacial score (nSPS) is 25.9. The number of hydrogen-bond donors (Lipinski definition) is 2. The molecule has 2 N–H and O–H groups in total. The lowest BCUT2D eigenvalue weighted by Gasteiger charge is -2.34. The number of benzene rings is 1. The van der Waals surface area contributed by atoms with Crippen LogP contribution in [0.1, 0.15) is 37.3 Å². The van der Waals surface area contributed by atoms with Gasteiger partial charge in [0.2, 0.25) is 0 Å². The Morgan fingerprint density at radius 3 is 2.67 bits per heavy atom. The Bertz CT molecular complexity index is 342. The quantitative estimate of drug-likeness (QED) is 0.841. The summed E-state index contributed by atoms with van der Waals surface area (Å²) in [6, 6.07) is 10.5. The number of rotatable bonds is 5. The summed E-state index contributed by atoms with van der Waals surface area (Å²) in [6.45, 7) is 0.122. The summed E-state index contributed by atoms with van der Waals surface area (Å²) < 4.78 is 5.54. The number of aliphatic hydroxyl groups is 1. The molecule has 0 heterocycles. The molecule has 2 unspecified atom stereocenters. The first-order valence-electron chi connectivity index (χ1n) is 6.79. The zero-order valence-corrected chi connectivity index (χ0v) is 11.0. The van der Waals surface area contributed by atoms with Gasteiger partial charge in [-0.25, -0.2) is 0 Å². The van der Waals surface area contributed by atoms with E-state index in [-0.39, 0.29) is 18.8 Å². The predicted octanol–water partition coefficient (Wildman–Crippen LogP) is 2.27. The van der Waals surface area contributed by atoms with E-state index in [1.54, 1.807) is 7.11 Å². The van der Waals surface area contributed by atoms with Gasteiger partial charge in [0, 0.05) is 13.2 Å². The smallest absolute Gasteiger partial charge is 0.0724 e. The molecule has 1 aromatic rings. The number of nitrogens with one attached hydrogen (secondary N) is 1. The van der Waals surface area contributed by atoms with E-state index in [2.05, 4.69) is 17.4 Å². The summed E-state index contributed by atoms with van der Waals surface area (Å²) in [5.41, 5.74) is 1.14. The molecular formula is C15H23NO2. The van der Waals surface area contributed by atoms with Gasteiger partial charge in [0.15, 0.2) is 0 Å². The molecule has 0 radical (unpaired) electrons. The fraction of sp³-hybridized carbons (Fsp3) is 0.600. The lowest BCUT2D eigenvalue weighted by atomic mass is 9.91.